The molecule has 1 saturated heterocycles. The van der Waals surface area contributed by atoms with Crippen molar-refractivity contribution in [2.75, 3.05) is 18.8 Å². The predicted molar refractivity (Wildman–Crippen MR) is 119 cm³/mol. The molecule has 1 aliphatic rings. The summed E-state index contributed by atoms with van der Waals surface area (Å²) in [6.45, 7) is 3.91. The van der Waals surface area contributed by atoms with Crippen LogP contribution in [0.2, 0.25) is 10.0 Å². The number of anilines is 1. The molecule has 3 N–H and O–H groups in total. The molecule has 7 nitrogen and oxygen atoms in total. The van der Waals surface area contributed by atoms with Crippen LogP contribution in [-0.2, 0) is 21.4 Å². The van der Waals surface area contributed by atoms with Gasteiger partial charge in [-0.15, -0.1) is 0 Å². The molecule has 164 valence electrons. The maximum Gasteiger partial charge on any atom is 0.241 e. The Balaban J connectivity index is 1.82. The van der Waals surface area contributed by atoms with E-state index in [2.05, 4.69) is 11.6 Å². The molecule has 1 aliphatic heterocycles. The van der Waals surface area contributed by atoms with E-state index in [9.17, 15) is 13.2 Å². The third-order valence-corrected chi connectivity index (χ3v) is 7.47. The van der Waals surface area contributed by atoms with Crippen molar-refractivity contribution in [3.05, 3.63) is 46.7 Å². The second-order valence-corrected chi connectivity index (χ2v) is 10.2. The summed E-state index contributed by atoms with van der Waals surface area (Å²) in [6.07, 6.45) is 5.88. The summed E-state index contributed by atoms with van der Waals surface area (Å²) >= 11 is 12.0. The van der Waals surface area contributed by atoms with Crippen LogP contribution in [-0.4, -0.2) is 42.9 Å². The summed E-state index contributed by atoms with van der Waals surface area (Å²) in [4.78, 5) is 14.8. The Bertz CT molecular complexity index is 964. The third-order valence-electron chi connectivity index (χ3n) is 5.40. The van der Waals surface area contributed by atoms with E-state index in [4.69, 9.17) is 28.9 Å². The minimum Gasteiger partial charge on any atom is -0.396 e. The van der Waals surface area contributed by atoms with Crippen molar-refractivity contribution >= 4 is 44.8 Å². The van der Waals surface area contributed by atoms with Gasteiger partial charge in [0.25, 0.3) is 0 Å². The fraction of sp³-hybridized carbons (Fsp3) is 0.450. The monoisotopic (exact) mass is 472 g/mol. The van der Waals surface area contributed by atoms with Crippen molar-refractivity contribution in [2.24, 2.45) is 5.92 Å². The molecule has 1 amide bonds. The first-order chi connectivity index (χ1) is 14.2. The number of benzene rings is 1. The molecular weight excluding hydrogens is 447 g/mol. The fourth-order valence-corrected chi connectivity index (χ4v) is 5.34. The maximum absolute atomic E-state index is 13.2. The minimum absolute atomic E-state index is 0.0445. The summed E-state index contributed by atoms with van der Waals surface area (Å²) in [5.74, 6) is 0.341. The Hall–Kier alpha value is -1.74. The van der Waals surface area contributed by atoms with Gasteiger partial charge in [0.2, 0.25) is 15.9 Å². The second kappa shape index (κ2) is 9.60. The Morgan fingerprint density at radius 2 is 1.77 bits per heavy atom. The zero-order chi connectivity index (χ0) is 21.9. The SMILES string of the molecule is CC1CCN(C(=O)C(CCn2cccc2)NS(=O)(=O)c2cc(Cl)c(N)c(Cl)c2)CC1. The number of piperidine rings is 1. The minimum atomic E-state index is -4.04. The van der Waals surface area contributed by atoms with Crippen molar-refractivity contribution in [3.63, 3.8) is 0 Å². The van der Waals surface area contributed by atoms with Crippen molar-refractivity contribution in [1.82, 2.24) is 14.2 Å². The molecule has 1 aromatic heterocycles. The Labute approximate surface area is 187 Å². The molecule has 0 radical (unpaired) electrons. The van der Waals surface area contributed by atoms with Crippen molar-refractivity contribution in [3.8, 4) is 0 Å². The Morgan fingerprint density at radius 1 is 1.20 bits per heavy atom. The normalized spacial score (nSPS) is 16.6. The molecule has 1 fully saturated rings. The number of nitrogens with one attached hydrogen (secondary N) is 1. The van der Waals surface area contributed by atoms with Crippen LogP contribution in [0.3, 0.4) is 0 Å². The van der Waals surface area contributed by atoms with Gasteiger partial charge < -0.3 is 15.2 Å². The number of halogens is 2. The summed E-state index contributed by atoms with van der Waals surface area (Å²) in [5.41, 5.74) is 5.82. The summed E-state index contributed by atoms with van der Waals surface area (Å²) < 4.78 is 30.5. The van der Waals surface area contributed by atoms with Gasteiger partial charge in [-0.05, 0) is 49.4 Å². The topological polar surface area (TPSA) is 97.4 Å². The molecular formula is C20H26Cl2N4O3S. The summed E-state index contributed by atoms with van der Waals surface area (Å²) in [7, 11) is -4.04. The number of aryl methyl sites for hydroxylation is 1. The second-order valence-electron chi connectivity index (χ2n) is 7.69. The zero-order valence-corrected chi connectivity index (χ0v) is 19.1. The standard InChI is InChI=1S/C20H26Cl2N4O3S/c1-14-4-10-26(11-5-14)20(27)18(6-9-25-7-2-3-8-25)24-30(28,29)15-12-16(21)19(23)17(22)13-15/h2-3,7-8,12-14,18,24H,4-6,9-11,23H2,1H3. The van der Waals surface area contributed by atoms with E-state index in [1.54, 1.807) is 4.90 Å². The number of nitrogen functional groups attached to an aromatic ring is 1. The number of aromatic nitrogens is 1. The van der Waals surface area contributed by atoms with Crippen LogP contribution in [0.15, 0.2) is 41.6 Å². The number of amides is 1. The lowest BCUT2D eigenvalue weighted by atomic mass is 9.98. The number of likely N-dealkylation sites (tertiary alicyclic amines) is 1. The highest BCUT2D eigenvalue weighted by Crippen LogP contribution is 2.31. The summed E-state index contributed by atoms with van der Waals surface area (Å²) in [5, 5.41) is 0.0891. The van der Waals surface area contributed by atoms with E-state index in [1.807, 2.05) is 29.1 Å². The van der Waals surface area contributed by atoms with Gasteiger partial charge in [-0.2, -0.15) is 4.72 Å². The van der Waals surface area contributed by atoms with Crippen LogP contribution >= 0.6 is 23.2 Å². The van der Waals surface area contributed by atoms with Crippen LogP contribution in [0.25, 0.3) is 0 Å². The maximum atomic E-state index is 13.2. The lowest BCUT2D eigenvalue weighted by Crippen LogP contribution is -2.50. The van der Waals surface area contributed by atoms with Gasteiger partial charge in [-0.1, -0.05) is 30.1 Å². The Morgan fingerprint density at radius 3 is 2.33 bits per heavy atom. The molecule has 2 aromatic rings. The smallest absolute Gasteiger partial charge is 0.241 e. The third kappa shape index (κ3) is 5.49. The van der Waals surface area contributed by atoms with Crippen molar-refractivity contribution in [1.29, 1.82) is 0 Å². The van der Waals surface area contributed by atoms with Gasteiger partial charge in [0.1, 0.15) is 6.04 Å². The molecule has 3 rings (SSSR count). The number of nitrogens with zero attached hydrogens (tertiary/aromatic N) is 2. The molecule has 0 aliphatic carbocycles. The molecule has 1 atom stereocenters. The first-order valence-corrected chi connectivity index (χ1v) is 12.1. The largest absolute Gasteiger partial charge is 0.396 e. The molecule has 1 unspecified atom stereocenters. The number of nitrogens with two attached hydrogens (primary N) is 1. The lowest BCUT2D eigenvalue weighted by Gasteiger charge is -2.33. The van der Waals surface area contributed by atoms with Gasteiger partial charge >= 0.3 is 0 Å². The molecule has 0 saturated carbocycles. The highest BCUT2D eigenvalue weighted by atomic mass is 35.5. The van der Waals surface area contributed by atoms with Crippen LogP contribution in [0.1, 0.15) is 26.2 Å². The van der Waals surface area contributed by atoms with E-state index in [0.717, 1.165) is 12.8 Å². The number of carbonyl (C=O) groups is 1. The van der Waals surface area contributed by atoms with Gasteiger partial charge in [-0.3, -0.25) is 4.79 Å². The lowest BCUT2D eigenvalue weighted by molar-refractivity contribution is -0.134. The average Bonchev–Trinajstić information content (AvgIpc) is 3.22. The molecule has 30 heavy (non-hydrogen) atoms. The highest BCUT2D eigenvalue weighted by Gasteiger charge is 2.31. The number of carbonyl (C=O) groups excluding carboxylic acids is 1. The fourth-order valence-electron chi connectivity index (χ4n) is 3.45. The van der Waals surface area contributed by atoms with E-state index in [0.29, 0.717) is 32.0 Å². The van der Waals surface area contributed by atoms with E-state index < -0.39 is 16.1 Å². The van der Waals surface area contributed by atoms with Gasteiger partial charge in [0, 0.05) is 32.0 Å². The molecule has 0 spiro atoms. The van der Waals surface area contributed by atoms with E-state index in [1.165, 1.54) is 12.1 Å². The van der Waals surface area contributed by atoms with Crippen LogP contribution < -0.4 is 10.5 Å². The number of hydrogen-bond acceptors (Lipinski definition) is 4. The highest BCUT2D eigenvalue weighted by molar-refractivity contribution is 7.89. The van der Waals surface area contributed by atoms with Crippen molar-refractivity contribution in [2.45, 2.75) is 43.7 Å². The molecule has 0 bridgehead atoms. The van der Waals surface area contributed by atoms with Gasteiger partial charge in [0.15, 0.2) is 0 Å². The van der Waals surface area contributed by atoms with Crippen LogP contribution in [0, 0.1) is 5.92 Å². The molecule has 2 heterocycles. The number of sulfonamides is 1. The first-order valence-electron chi connectivity index (χ1n) is 9.84. The number of rotatable bonds is 7. The quantitative estimate of drug-likeness (QED) is 0.603. The zero-order valence-electron chi connectivity index (χ0n) is 16.7. The number of hydrogen-bond donors (Lipinski definition) is 2. The van der Waals surface area contributed by atoms with E-state index in [-0.39, 0.29) is 26.5 Å². The molecule has 10 heteroatoms. The van der Waals surface area contributed by atoms with Gasteiger partial charge in [-0.25, -0.2) is 8.42 Å². The van der Waals surface area contributed by atoms with Crippen molar-refractivity contribution < 1.29 is 13.2 Å². The first kappa shape index (κ1) is 22.9. The predicted octanol–water partition coefficient (Wildman–Crippen LogP) is 3.37. The van der Waals surface area contributed by atoms with Crippen LogP contribution in [0.4, 0.5) is 5.69 Å². The van der Waals surface area contributed by atoms with Crippen LogP contribution in [0.5, 0.6) is 0 Å². The summed E-state index contributed by atoms with van der Waals surface area (Å²) in [6, 6.07) is 5.33. The van der Waals surface area contributed by atoms with Gasteiger partial charge in [0.05, 0.1) is 20.6 Å². The average molecular weight is 473 g/mol. The van der Waals surface area contributed by atoms with E-state index >= 15 is 0 Å². The molecule has 1 aromatic carbocycles. The Kier molecular flexibility index (Phi) is 7.34.